The van der Waals surface area contributed by atoms with Crippen LogP contribution in [-0.2, 0) is 14.9 Å². The van der Waals surface area contributed by atoms with Gasteiger partial charge in [-0.2, -0.15) is 8.42 Å². The average Bonchev–Trinajstić information content (AvgIpc) is 1.83. The number of nitrogens with two attached hydrogens (primary N) is 1. The molecule has 0 saturated carbocycles. The van der Waals surface area contributed by atoms with Crippen LogP contribution in [0.2, 0.25) is 0 Å². The summed E-state index contributed by atoms with van der Waals surface area (Å²) < 4.78 is 27.9. The van der Waals surface area contributed by atoms with Gasteiger partial charge in [-0.1, -0.05) is 0 Å². The molecule has 0 aromatic rings. The van der Waals surface area contributed by atoms with Crippen LogP contribution < -0.4 is 5.73 Å². The van der Waals surface area contributed by atoms with E-state index in [1.807, 2.05) is 0 Å². The predicted molar refractivity (Wildman–Crippen MR) is 41.2 cm³/mol. The number of hydrogen-bond acceptors (Lipinski definition) is 4. The van der Waals surface area contributed by atoms with Crippen LogP contribution in [0.3, 0.4) is 0 Å². The summed E-state index contributed by atoms with van der Waals surface area (Å²) in [6.45, 7) is 2.09. The van der Waals surface area contributed by atoms with Crippen LogP contribution in [0.25, 0.3) is 0 Å². The monoisotopic (exact) mass is 197 g/mol. The molecule has 0 aromatic carbocycles. The molecular weight excluding hydrogens is 186 g/mol. The molecule has 7 heteroatoms. The lowest BCUT2D eigenvalue weighted by Crippen LogP contribution is -2.53. The van der Waals surface area contributed by atoms with E-state index in [0.29, 0.717) is 0 Å². The molecular formula is C5H11NO5S. The van der Waals surface area contributed by atoms with Crippen LogP contribution in [0, 0.1) is 0 Å². The van der Waals surface area contributed by atoms with Gasteiger partial charge in [0.1, 0.15) is 10.8 Å². The van der Waals surface area contributed by atoms with Gasteiger partial charge in [-0.25, -0.2) is 0 Å². The first-order chi connectivity index (χ1) is 5.10. The smallest absolute Gasteiger partial charge is 0.322 e. The van der Waals surface area contributed by atoms with Crippen molar-refractivity contribution in [2.24, 2.45) is 5.73 Å². The van der Waals surface area contributed by atoms with Gasteiger partial charge in [0.25, 0.3) is 10.1 Å². The van der Waals surface area contributed by atoms with Crippen LogP contribution >= 0.6 is 0 Å². The van der Waals surface area contributed by atoms with Crippen LogP contribution in [0.5, 0.6) is 0 Å². The Hall–Kier alpha value is -0.660. The van der Waals surface area contributed by atoms with E-state index in [2.05, 4.69) is 0 Å². The van der Waals surface area contributed by atoms with Gasteiger partial charge in [-0.3, -0.25) is 9.35 Å². The second kappa shape index (κ2) is 3.00. The summed E-state index contributed by atoms with van der Waals surface area (Å²) in [6, 6.07) is -1.65. The molecule has 0 heterocycles. The highest BCUT2D eigenvalue weighted by atomic mass is 32.2. The summed E-state index contributed by atoms with van der Waals surface area (Å²) in [7, 11) is -4.45. The van der Waals surface area contributed by atoms with Crippen molar-refractivity contribution >= 4 is 16.1 Å². The maximum Gasteiger partial charge on any atom is 0.322 e. The Morgan fingerprint density at radius 2 is 1.83 bits per heavy atom. The Kier molecular flexibility index (Phi) is 2.83. The summed E-state index contributed by atoms with van der Waals surface area (Å²) in [5, 5.41) is 8.38. The van der Waals surface area contributed by atoms with Gasteiger partial charge >= 0.3 is 5.97 Å². The number of hydrogen-bond donors (Lipinski definition) is 3. The summed E-state index contributed by atoms with van der Waals surface area (Å²) in [5.41, 5.74) is 5.04. The first-order valence-corrected chi connectivity index (χ1v) is 4.50. The van der Waals surface area contributed by atoms with Crippen molar-refractivity contribution in [3.63, 3.8) is 0 Å². The molecule has 6 nitrogen and oxygen atoms in total. The van der Waals surface area contributed by atoms with E-state index in [0.717, 1.165) is 13.8 Å². The largest absolute Gasteiger partial charge is 0.480 e. The first kappa shape index (κ1) is 11.3. The Labute approximate surface area is 70.1 Å². The van der Waals surface area contributed by atoms with Crippen molar-refractivity contribution < 1.29 is 22.9 Å². The molecule has 0 aromatic heterocycles. The second-order valence-electron chi connectivity index (χ2n) is 2.89. The highest BCUT2D eigenvalue weighted by molar-refractivity contribution is 7.87. The lowest BCUT2D eigenvalue weighted by Gasteiger charge is -2.24. The standard InChI is InChI=1S/C5H11NO5S/c1-5(2,12(9,10)11)3(6)4(7)8/h3H,6H2,1-2H3,(H,7,8)(H,9,10,11)/t3-/m0/s1. The van der Waals surface area contributed by atoms with Crippen molar-refractivity contribution in [2.45, 2.75) is 24.6 Å². The van der Waals surface area contributed by atoms with Crippen molar-refractivity contribution in [3.05, 3.63) is 0 Å². The Bertz CT molecular complexity index is 280. The fourth-order valence-corrected chi connectivity index (χ4v) is 0.880. The van der Waals surface area contributed by atoms with Gasteiger partial charge in [-0.05, 0) is 13.8 Å². The quantitative estimate of drug-likeness (QED) is 0.503. The minimum absolute atomic E-state index is 1.04. The Balaban J connectivity index is 5.00. The third kappa shape index (κ3) is 1.93. The third-order valence-electron chi connectivity index (χ3n) is 1.68. The molecule has 0 rings (SSSR count). The summed E-state index contributed by atoms with van der Waals surface area (Å²) >= 11 is 0. The fourth-order valence-electron chi connectivity index (χ4n) is 0.458. The van der Waals surface area contributed by atoms with Gasteiger partial charge in [0.15, 0.2) is 0 Å². The molecule has 72 valence electrons. The average molecular weight is 197 g/mol. The minimum atomic E-state index is -4.45. The SMILES string of the molecule is CC(C)([C@@H](N)C(=O)O)S(=O)(=O)O. The molecule has 4 N–H and O–H groups in total. The second-order valence-corrected chi connectivity index (χ2v) is 4.90. The van der Waals surface area contributed by atoms with Crippen LogP contribution in [0.15, 0.2) is 0 Å². The lowest BCUT2D eigenvalue weighted by molar-refractivity contribution is -0.139. The maximum absolute atomic E-state index is 10.6. The van der Waals surface area contributed by atoms with Gasteiger partial charge in [0.05, 0.1) is 0 Å². The summed E-state index contributed by atoms with van der Waals surface area (Å²) in [4.78, 5) is 10.3. The van der Waals surface area contributed by atoms with Crippen molar-refractivity contribution in [1.29, 1.82) is 0 Å². The molecule has 0 unspecified atom stereocenters. The molecule has 0 fully saturated rings. The number of carboxylic acid groups (broad SMARTS) is 1. The lowest BCUT2D eigenvalue weighted by atomic mass is 10.1. The fraction of sp³-hybridized carbons (Fsp3) is 0.800. The topological polar surface area (TPSA) is 118 Å². The summed E-state index contributed by atoms with van der Waals surface area (Å²) in [5.74, 6) is -1.47. The first-order valence-electron chi connectivity index (χ1n) is 3.06. The highest BCUT2D eigenvalue weighted by Gasteiger charge is 2.43. The van der Waals surface area contributed by atoms with E-state index in [1.165, 1.54) is 0 Å². The number of aliphatic carboxylic acids is 1. The third-order valence-corrected chi connectivity index (χ3v) is 3.26. The molecule has 0 amide bonds. The normalized spacial score (nSPS) is 15.7. The zero-order valence-electron chi connectivity index (χ0n) is 6.68. The molecule has 0 bridgehead atoms. The number of carbonyl (C=O) groups is 1. The van der Waals surface area contributed by atoms with Crippen LogP contribution in [0.1, 0.15) is 13.8 Å². The molecule has 0 saturated heterocycles. The van der Waals surface area contributed by atoms with E-state index in [-0.39, 0.29) is 0 Å². The van der Waals surface area contributed by atoms with E-state index >= 15 is 0 Å². The number of carboxylic acids is 1. The van der Waals surface area contributed by atoms with Crippen molar-refractivity contribution in [2.75, 3.05) is 0 Å². The zero-order valence-corrected chi connectivity index (χ0v) is 7.50. The minimum Gasteiger partial charge on any atom is -0.480 e. The maximum atomic E-state index is 10.6. The van der Waals surface area contributed by atoms with Gasteiger partial charge < -0.3 is 10.8 Å². The Morgan fingerprint density at radius 1 is 1.50 bits per heavy atom. The predicted octanol–water partition coefficient (Wildman–Crippen LogP) is -0.935. The molecule has 1 atom stereocenters. The summed E-state index contributed by atoms with van der Waals surface area (Å²) in [6.07, 6.45) is 0. The van der Waals surface area contributed by atoms with Gasteiger partial charge in [0.2, 0.25) is 0 Å². The molecule has 0 aliphatic rings. The van der Waals surface area contributed by atoms with E-state index in [4.69, 9.17) is 15.4 Å². The van der Waals surface area contributed by atoms with E-state index < -0.39 is 26.9 Å². The van der Waals surface area contributed by atoms with Crippen LogP contribution in [-0.4, -0.2) is 34.8 Å². The van der Waals surface area contributed by atoms with Gasteiger partial charge in [0, 0.05) is 0 Å². The van der Waals surface area contributed by atoms with Gasteiger partial charge in [-0.15, -0.1) is 0 Å². The molecule has 0 aliphatic heterocycles. The highest BCUT2D eigenvalue weighted by Crippen LogP contribution is 2.18. The molecule has 0 radical (unpaired) electrons. The molecule has 0 aliphatic carbocycles. The molecule has 12 heavy (non-hydrogen) atoms. The van der Waals surface area contributed by atoms with Crippen LogP contribution in [0.4, 0.5) is 0 Å². The number of rotatable bonds is 3. The van der Waals surface area contributed by atoms with Crippen molar-refractivity contribution in [1.82, 2.24) is 0 Å². The van der Waals surface area contributed by atoms with E-state index in [1.54, 1.807) is 0 Å². The zero-order chi connectivity index (χ0) is 10.2. The molecule has 0 spiro atoms. The van der Waals surface area contributed by atoms with Crippen molar-refractivity contribution in [3.8, 4) is 0 Å². The Morgan fingerprint density at radius 3 is 1.92 bits per heavy atom. The van der Waals surface area contributed by atoms with E-state index in [9.17, 15) is 13.2 Å².